The lowest BCUT2D eigenvalue weighted by atomic mass is 10.2. The maximum Gasteiger partial charge on any atom is 0.270 e. The summed E-state index contributed by atoms with van der Waals surface area (Å²) in [7, 11) is 0. The number of benzene rings is 1. The molecule has 4 nitrogen and oxygen atoms in total. The monoisotopic (exact) mass is 231 g/mol. The summed E-state index contributed by atoms with van der Waals surface area (Å²) in [5.74, 6) is 0. The van der Waals surface area contributed by atoms with Crippen LogP contribution in [0.2, 0.25) is 0 Å². The van der Waals surface area contributed by atoms with Crippen molar-refractivity contribution in [3.63, 3.8) is 0 Å². The topological polar surface area (TPSA) is 51.0 Å². The normalized spacial score (nSPS) is 10.8. The number of thiazole rings is 1. The van der Waals surface area contributed by atoms with Crippen molar-refractivity contribution in [1.29, 1.82) is 0 Å². The Morgan fingerprint density at radius 1 is 1.25 bits per heavy atom. The average molecular weight is 231 g/mol. The summed E-state index contributed by atoms with van der Waals surface area (Å²) in [6.45, 7) is 2.06. The Hall–Kier alpha value is -1.88. The molecule has 16 heavy (non-hydrogen) atoms. The standard InChI is InChI=1S/C11H9N3OS/c1-7-2-4-8(5-3-7)13-11-14-10-9(16-11)6-12-15-10/h2-6H,1H3,(H,13,14). The molecule has 0 aliphatic rings. The van der Waals surface area contributed by atoms with E-state index >= 15 is 0 Å². The molecule has 0 aliphatic heterocycles. The second kappa shape index (κ2) is 3.61. The number of anilines is 2. The third-order valence-electron chi connectivity index (χ3n) is 2.23. The summed E-state index contributed by atoms with van der Waals surface area (Å²) >= 11 is 1.52. The van der Waals surface area contributed by atoms with Crippen molar-refractivity contribution in [2.45, 2.75) is 6.92 Å². The highest BCUT2D eigenvalue weighted by Crippen LogP contribution is 2.27. The van der Waals surface area contributed by atoms with E-state index in [1.54, 1.807) is 6.20 Å². The van der Waals surface area contributed by atoms with E-state index in [4.69, 9.17) is 4.52 Å². The Kier molecular flexibility index (Phi) is 2.11. The highest BCUT2D eigenvalue weighted by Gasteiger charge is 2.06. The molecule has 0 spiro atoms. The zero-order chi connectivity index (χ0) is 11.0. The van der Waals surface area contributed by atoms with Crippen LogP contribution >= 0.6 is 11.3 Å². The van der Waals surface area contributed by atoms with Gasteiger partial charge < -0.3 is 9.84 Å². The van der Waals surface area contributed by atoms with Crippen LogP contribution in [0.15, 0.2) is 35.0 Å². The van der Waals surface area contributed by atoms with Crippen LogP contribution in [0.5, 0.6) is 0 Å². The van der Waals surface area contributed by atoms with Crippen LogP contribution in [0.4, 0.5) is 10.8 Å². The molecule has 0 saturated heterocycles. The molecular weight excluding hydrogens is 222 g/mol. The Labute approximate surface area is 95.9 Å². The molecule has 0 radical (unpaired) electrons. The maximum atomic E-state index is 4.96. The predicted octanol–water partition coefficient (Wildman–Crippen LogP) is 3.34. The van der Waals surface area contributed by atoms with Gasteiger partial charge >= 0.3 is 0 Å². The van der Waals surface area contributed by atoms with Gasteiger partial charge in [0.15, 0.2) is 5.13 Å². The largest absolute Gasteiger partial charge is 0.335 e. The first-order chi connectivity index (χ1) is 7.81. The Morgan fingerprint density at radius 2 is 2.06 bits per heavy atom. The molecule has 2 heterocycles. The molecule has 0 atom stereocenters. The molecule has 0 fully saturated rings. The van der Waals surface area contributed by atoms with Gasteiger partial charge in [0.25, 0.3) is 5.71 Å². The molecule has 0 bridgehead atoms. The number of hydrogen-bond donors (Lipinski definition) is 1. The third-order valence-corrected chi connectivity index (χ3v) is 3.12. The van der Waals surface area contributed by atoms with Crippen LogP contribution < -0.4 is 5.32 Å². The first-order valence-corrected chi connectivity index (χ1v) is 5.68. The minimum atomic E-state index is 0.583. The van der Waals surface area contributed by atoms with Gasteiger partial charge in [-0.15, -0.1) is 0 Å². The molecule has 1 aromatic carbocycles. The minimum absolute atomic E-state index is 0.583. The molecule has 0 amide bonds. The summed E-state index contributed by atoms with van der Waals surface area (Å²) < 4.78 is 5.92. The zero-order valence-electron chi connectivity index (χ0n) is 8.60. The molecule has 1 N–H and O–H groups in total. The van der Waals surface area contributed by atoms with E-state index in [1.165, 1.54) is 16.9 Å². The van der Waals surface area contributed by atoms with Crippen molar-refractivity contribution in [2.75, 3.05) is 5.32 Å². The number of nitrogens with zero attached hydrogens (tertiary/aromatic N) is 2. The fraction of sp³-hybridized carbons (Fsp3) is 0.0909. The van der Waals surface area contributed by atoms with Gasteiger partial charge in [0.1, 0.15) is 4.70 Å². The molecule has 3 aromatic rings. The molecule has 5 heteroatoms. The summed E-state index contributed by atoms with van der Waals surface area (Å²) in [5, 5.41) is 7.71. The Bertz CT molecular complexity index is 583. The SMILES string of the molecule is Cc1ccc(Nc2nc3oncc3s2)cc1. The van der Waals surface area contributed by atoms with Gasteiger partial charge in [-0.25, -0.2) is 0 Å². The molecule has 80 valence electrons. The highest BCUT2D eigenvalue weighted by molar-refractivity contribution is 7.22. The number of aryl methyl sites for hydroxylation is 1. The van der Waals surface area contributed by atoms with Gasteiger partial charge in [-0.3, -0.25) is 0 Å². The van der Waals surface area contributed by atoms with Crippen molar-refractivity contribution >= 4 is 32.6 Å². The van der Waals surface area contributed by atoms with Crippen LogP contribution in [0, 0.1) is 6.92 Å². The van der Waals surface area contributed by atoms with Crippen LogP contribution in [0.1, 0.15) is 5.56 Å². The van der Waals surface area contributed by atoms with E-state index in [1.807, 2.05) is 12.1 Å². The first kappa shape index (κ1) is 9.35. The first-order valence-electron chi connectivity index (χ1n) is 4.86. The predicted molar refractivity (Wildman–Crippen MR) is 64.1 cm³/mol. The quantitative estimate of drug-likeness (QED) is 0.735. The number of rotatable bonds is 2. The van der Waals surface area contributed by atoms with E-state index < -0.39 is 0 Å². The van der Waals surface area contributed by atoms with E-state index in [9.17, 15) is 0 Å². The second-order valence-corrected chi connectivity index (χ2v) is 4.54. The van der Waals surface area contributed by atoms with Crippen molar-refractivity contribution < 1.29 is 4.52 Å². The van der Waals surface area contributed by atoms with Crippen LogP contribution in [0.25, 0.3) is 10.4 Å². The van der Waals surface area contributed by atoms with E-state index in [0.717, 1.165) is 15.5 Å². The second-order valence-electron chi connectivity index (χ2n) is 3.51. The van der Waals surface area contributed by atoms with Crippen molar-refractivity contribution in [3.05, 3.63) is 36.0 Å². The van der Waals surface area contributed by atoms with Gasteiger partial charge in [0.05, 0.1) is 6.20 Å². The number of hydrogen-bond acceptors (Lipinski definition) is 5. The van der Waals surface area contributed by atoms with Gasteiger partial charge in [-0.05, 0) is 19.1 Å². The lowest BCUT2D eigenvalue weighted by Gasteiger charge is -2.01. The fourth-order valence-corrected chi connectivity index (χ4v) is 2.17. The van der Waals surface area contributed by atoms with Crippen LogP contribution in [0.3, 0.4) is 0 Å². The number of aromatic nitrogens is 2. The number of nitrogens with one attached hydrogen (secondary N) is 1. The summed E-state index contributed by atoms with van der Waals surface area (Å²) in [6, 6.07) is 8.16. The van der Waals surface area contributed by atoms with Gasteiger partial charge in [-0.2, -0.15) is 4.98 Å². The van der Waals surface area contributed by atoms with E-state index in [-0.39, 0.29) is 0 Å². The third kappa shape index (κ3) is 1.65. The smallest absolute Gasteiger partial charge is 0.270 e. The summed E-state index contributed by atoms with van der Waals surface area (Å²) in [4.78, 5) is 4.27. The number of fused-ring (bicyclic) bond motifs is 1. The summed E-state index contributed by atoms with van der Waals surface area (Å²) in [6.07, 6.45) is 1.67. The van der Waals surface area contributed by atoms with Crippen molar-refractivity contribution in [3.8, 4) is 0 Å². The van der Waals surface area contributed by atoms with Crippen molar-refractivity contribution in [1.82, 2.24) is 10.1 Å². The lowest BCUT2D eigenvalue weighted by Crippen LogP contribution is -1.88. The molecule has 0 saturated carbocycles. The molecule has 2 aromatic heterocycles. The fourth-order valence-electron chi connectivity index (χ4n) is 1.40. The lowest BCUT2D eigenvalue weighted by molar-refractivity contribution is 0.449. The van der Waals surface area contributed by atoms with Crippen molar-refractivity contribution in [2.24, 2.45) is 0 Å². The zero-order valence-corrected chi connectivity index (χ0v) is 9.41. The highest BCUT2D eigenvalue weighted by atomic mass is 32.1. The molecule has 0 aliphatic carbocycles. The Balaban J connectivity index is 1.89. The molecule has 3 rings (SSSR count). The molecular formula is C11H9N3OS. The van der Waals surface area contributed by atoms with Gasteiger partial charge in [0.2, 0.25) is 0 Å². The Morgan fingerprint density at radius 3 is 2.81 bits per heavy atom. The minimum Gasteiger partial charge on any atom is -0.335 e. The van der Waals surface area contributed by atoms with Crippen LogP contribution in [-0.4, -0.2) is 10.1 Å². The van der Waals surface area contributed by atoms with Crippen LogP contribution in [-0.2, 0) is 0 Å². The summed E-state index contributed by atoms with van der Waals surface area (Å²) in [5.41, 5.74) is 2.84. The van der Waals surface area contributed by atoms with E-state index in [2.05, 4.69) is 34.5 Å². The molecule has 0 unspecified atom stereocenters. The van der Waals surface area contributed by atoms with E-state index in [0.29, 0.717) is 5.71 Å². The maximum absolute atomic E-state index is 4.96. The average Bonchev–Trinajstić information content (AvgIpc) is 2.81. The van der Waals surface area contributed by atoms with Gasteiger partial charge in [-0.1, -0.05) is 34.2 Å². The van der Waals surface area contributed by atoms with Gasteiger partial charge in [0, 0.05) is 5.69 Å².